The van der Waals surface area contributed by atoms with Crippen LogP contribution >= 0.6 is 0 Å². The fourth-order valence-electron chi connectivity index (χ4n) is 3.63. The standard InChI is InChI=1S/C19H21N3O3/c23-19(16-5-1-2-10-21-16)22-11-8-18-17(22)7-6-15(25-18)13-24-14-4-3-9-20-12-14/h1-5,9-10,12,15,17-18H,6-8,11,13H2/t15-,17-,18-/m0/s1. The van der Waals surface area contributed by atoms with E-state index in [-0.39, 0.29) is 24.2 Å². The second kappa shape index (κ2) is 7.19. The Morgan fingerprint density at radius 1 is 1.20 bits per heavy atom. The second-order valence-electron chi connectivity index (χ2n) is 6.44. The van der Waals surface area contributed by atoms with Crippen molar-refractivity contribution in [1.29, 1.82) is 0 Å². The molecule has 2 aliphatic heterocycles. The molecular formula is C19H21N3O3. The van der Waals surface area contributed by atoms with Crippen molar-refractivity contribution in [3.63, 3.8) is 0 Å². The van der Waals surface area contributed by atoms with Gasteiger partial charge >= 0.3 is 0 Å². The van der Waals surface area contributed by atoms with Crippen LogP contribution in [0.2, 0.25) is 0 Å². The van der Waals surface area contributed by atoms with E-state index < -0.39 is 0 Å². The zero-order valence-corrected chi connectivity index (χ0v) is 14.0. The normalized spacial score (nSPS) is 25.4. The number of aromatic nitrogens is 2. The first kappa shape index (κ1) is 16.0. The molecule has 0 N–H and O–H groups in total. The monoisotopic (exact) mass is 339 g/mol. The molecule has 1 amide bonds. The van der Waals surface area contributed by atoms with Crippen molar-refractivity contribution in [3.8, 4) is 5.75 Å². The summed E-state index contributed by atoms with van der Waals surface area (Å²) in [6, 6.07) is 9.32. The molecule has 2 aliphatic rings. The molecule has 3 atom stereocenters. The van der Waals surface area contributed by atoms with Crippen molar-refractivity contribution in [3.05, 3.63) is 54.6 Å². The highest BCUT2D eigenvalue weighted by Crippen LogP contribution is 2.32. The first-order valence-corrected chi connectivity index (χ1v) is 8.71. The summed E-state index contributed by atoms with van der Waals surface area (Å²) in [6.45, 7) is 1.24. The summed E-state index contributed by atoms with van der Waals surface area (Å²) < 4.78 is 11.9. The Kier molecular flexibility index (Phi) is 4.61. The Morgan fingerprint density at radius 2 is 2.16 bits per heavy atom. The molecule has 0 aromatic carbocycles. The number of ether oxygens (including phenoxy) is 2. The minimum absolute atomic E-state index is 0.00163. The lowest BCUT2D eigenvalue weighted by Crippen LogP contribution is -2.46. The number of nitrogens with zero attached hydrogens (tertiary/aromatic N) is 3. The Morgan fingerprint density at radius 3 is 2.96 bits per heavy atom. The smallest absolute Gasteiger partial charge is 0.272 e. The lowest BCUT2D eigenvalue weighted by molar-refractivity contribution is -0.0802. The predicted octanol–water partition coefficient (Wildman–Crippen LogP) is 2.32. The molecule has 2 aromatic heterocycles. The maximum absolute atomic E-state index is 12.7. The predicted molar refractivity (Wildman–Crippen MR) is 91.3 cm³/mol. The van der Waals surface area contributed by atoms with Crippen LogP contribution in [0, 0.1) is 0 Å². The number of likely N-dealkylation sites (tertiary alicyclic amines) is 1. The Labute approximate surface area is 146 Å². The molecule has 25 heavy (non-hydrogen) atoms. The van der Waals surface area contributed by atoms with Gasteiger partial charge in [0, 0.05) is 18.9 Å². The summed E-state index contributed by atoms with van der Waals surface area (Å²) in [6.07, 6.45) is 7.92. The van der Waals surface area contributed by atoms with Gasteiger partial charge in [-0.3, -0.25) is 14.8 Å². The zero-order chi connectivity index (χ0) is 17.1. The van der Waals surface area contributed by atoms with Crippen molar-refractivity contribution in [2.24, 2.45) is 0 Å². The number of fused-ring (bicyclic) bond motifs is 1. The first-order chi connectivity index (χ1) is 12.3. The molecule has 130 valence electrons. The van der Waals surface area contributed by atoms with Crippen molar-refractivity contribution in [2.45, 2.75) is 37.5 Å². The molecule has 2 fully saturated rings. The Bertz CT molecular complexity index is 710. The van der Waals surface area contributed by atoms with Gasteiger partial charge < -0.3 is 14.4 Å². The Balaban J connectivity index is 1.34. The average molecular weight is 339 g/mol. The first-order valence-electron chi connectivity index (χ1n) is 8.71. The molecule has 4 heterocycles. The highest BCUT2D eigenvalue weighted by atomic mass is 16.5. The van der Waals surface area contributed by atoms with Crippen LogP contribution in [0.4, 0.5) is 0 Å². The van der Waals surface area contributed by atoms with Gasteiger partial charge in [0.15, 0.2) is 0 Å². The van der Waals surface area contributed by atoms with E-state index in [4.69, 9.17) is 9.47 Å². The molecule has 2 aromatic rings. The number of rotatable bonds is 4. The summed E-state index contributed by atoms with van der Waals surface area (Å²) >= 11 is 0. The van der Waals surface area contributed by atoms with E-state index in [1.54, 1.807) is 24.7 Å². The van der Waals surface area contributed by atoms with E-state index in [1.807, 2.05) is 29.2 Å². The molecule has 4 rings (SSSR count). The van der Waals surface area contributed by atoms with Crippen LogP contribution in [-0.2, 0) is 4.74 Å². The third kappa shape index (κ3) is 3.49. The maximum Gasteiger partial charge on any atom is 0.272 e. The van der Waals surface area contributed by atoms with Crippen molar-refractivity contribution in [1.82, 2.24) is 14.9 Å². The van der Waals surface area contributed by atoms with Crippen molar-refractivity contribution >= 4 is 5.91 Å². The SMILES string of the molecule is O=C(c1ccccn1)N1CC[C@@H]2O[C@H](COc3cccnc3)CC[C@@H]21. The molecule has 0 bridgehead atoms. The van der Waals surface area contributed by atoms with Crippen LogP contribution < -0.4 is 4.74 Å². The lowest BCUT2D eigenvalue weighted by atomic mass is 9.99. The van der Waals surface area contributed by atoms with Crippen LogP contribution in [0.25, 0.3) is 0 Å². The van der Waals surface area contributed by atoms with E-state index in [1.165, 1.54) is 0 Å². The van der Waals surface area contributed by atoms with Crippen LogP contribution in [0.5, 0.6) is 5.75 Å². The fraction of sp³-hybridized carbons (Fsp3) is 0.421. The molecule has 0 saturated carbocycles. The summed E-state index contributed by atoms with van der Waals surface area (Å²) in [5.74, 6) is 0.758. The van der Waals surface area contributed by atoms with Gasteiger partial charge in [-0.15, -0.1) is 0 Å². The van der Waals surface area contributed by atoms with Gasteiger partial charge in [-0.1, -0.05) is 6.07 Å². The topological polar surface area (TPSA) is 64.6 Å². The molecule has 0 aliphatic carbocycles. The van der Waals surface area contributed by atoms with E-state index >= 15 is 0 Å². The highest BCUT2D eigenvalue weighted by molar-refractivity contribution is 5.92. The van der Waals surface area contributed by atoms with E-state index in [2.05, 4.69) is 9.97 Å². The van der Waals surface area contributed by atoms with Crippen LogP contribution in [0.15, 0.2) is 48.9 Å². The molecule has 6 nitrogen and oxygen atoms in total. The number of carbonyl (C=O) groups excluding carboxylic acids is 1. The lowest BCUT2D eigenvalue weighted by Gasteiger charge is -2.35. The summed E-state index contributed by atoms with van der Waals surface area (Å²) in [4.78, 5) is 22.8. The molecule has 0 radical (unpaired) electrons. The van der Waals surface area contributed by atoms with Crippen molar-refractivity contribution in [2.75, 3.05) is 13.2 Å². The fourth-order valence-corrected chi connectivity index (χ4v) is 3.63. The third-order valence-electron chi connectivity index (χ3n) is 4.85. The number of hydrogen-bond donors (Lipinski definition) is 0. The second-order valence-corrected chi connectivity index (χ2v) is 6.44. The zero-order valence-electron chi connectivity index (χ0n) is 14.0. The molecule has 0 spiro atoms. The van der Waals surface area contributed by atoms with Crippen LogP contribution in [0.3, 0.4) is 0 Å². The van der Waals surface area contributed by atoms with Gasteiger partial charge in [0.05, 0.1) is 24.4 Å². The number of carbonyl (C=O) groups is 1. The van der Waals surface area contributed by atoms with Gasteiger partial charge in [0.25, 0.3) is 5.91 Å². The van der Waals surface area contributed by atoms with Gasteiger partial charge in [-0.2, -0.15) is 0 Å². The average Bonchev–Trinajstić information content (AvgIpc) is 3.10. The van der Waals surface area contributed by atoms with Crippen molar-refractivity contribution < 1.29 is 14.3 Å². The largest absolute Gasteiger partial charge is 0.489 e. The summed E-state index contributed by atoms with van der Waals surface area (Å²) in [5, 5.41) is 0. The molecule has 2 saturated heterocycles. The minimum Gasteiger partial charge on any atom is -0.489 e. The quantitative estimate of drug-likeness (QED) is 0.855. The van der Waals surface area contributed by atoms with E-state index in [9.17, 15) is 4.79 Å². The van der Waals surface area contributed by atoms with E-state index in [0.29, 0.717) is 12.3 Å². The molecule has 0 unspecified atom stereocenters. The van der Waals surface area contributed by atoms with E-state index in [0.717, 1.165) is 31.6 Å². The molecular weight excluding hydrogens is 318 g/mol. The number of hydrogen-bond acceptors (Lipinski definition) is 5. The Hall–Kier alpha value is -2.47. The van der Waals surface area contributed by atoms with Gasteiger partial charge in [0.2, 0.25) is 0 Å². The van der Waals surface area contributed by atoms with Crippen LogP contribution in [-0.4, -0.2) is 52.2 Å². The van der Waals surface area contributed by atoms with Gasteiger partial charge in [-0.05, 0) is 43.5 Å². The minimum atomic E-state index is 0.00163. The maximum atomic E-state index is 12.7. The van der Waals surface area contributed by atoms with Gasteiger partial charge in [0.1, 0.15) is 18.1 Å². The third-order valence-corrected chi connectivity index (χ3v) is 4.85. The van der Waals surface area contributed by atoms with Crippen LogP contribution in [0.1, 0.15) is 29.8 Å². The number of pyridine rings is 2. The highest BCUT2D eigenvalue weighted by Gasteiger charge is 2.42. The summed E-state index contributed by atoms with van der Waals surface area (Å²) in [5.41, 5.74) is 0.505. The molecule has 6 heteroatoms. The summed E-state index contributed by atoms with van der Waals surface area (Å²) in [7, 11) is 0. The van der Waals surface area contributed by atoms with Gasteiger partial charge in [-0.25, -0.2) is 0 Å². The number of amides is 1.